The number of aryl methyl sites for hydroxylation is 2. The van der Waals surface area contributed by atoms with E-state index in [2.05, 4.69) is 75.0 Å². The van der Waals surface area contributed by atoms with Gasteiger partial charge in [0.2, 0.25) is 6.54 Å². The molecule has 0 saturated heterocycles. The Morgan fingerprint density at radius 3 is 1.70 bits per heavy atom. The lowest BCUT2D eigenvalue weighted by Crippen LogP contribution is -2.15. The van der Waals surface area contributed by atoms with Crippen LogP contribution in [0.2, 0.25) is 0 Å². The number of benzene rings is 4. The minimum absolute atomic E-state index is 0.219. The number of hydrogen-bond acceptors (Lipinski definition) is 2. The normalized spacial score (nSPS) is 12.0. The topological polar surface area (TPSA) is 43.1 Å². The SMILES string of the molecule is C=C(/C=C(\C=C(c1ccc(C)cc1)c1ccc(C)cc1)C(C[N+](=O)[O-])c1ccccc1)c1ccccc1. The Bertz CT molecular complexity index is 1370. The van der Waals surface area contributed by atoms with E-state index in [1.807, 2.05) is 66.7 Å². The Kier molecular flexibility index (Phi) is 8.27. The Morgan fingerprint density at radius 2 is 1.22 bits per heavy atom. The van der Waals surface area contributed by atoms with Crippen LogP contribution in [-0.4, -0.2) is 11.5 Å². The van der Waals surface area contributed by atoms with Crippen molar-refractivity contribution in [2.75, 3.05) is 6.54 Å². The van der Waals surface area contributed by atoms with Gasteiger partial charge in [0.05, 0.1) is 5.92 Å². The second kappa shape index (κ2) is 12.0. The second-order valence-electron chi connectivity index (χ2n) is 9.30. The molecule has 3 nitrogen and oxygen atoms in total. The van der Waals surface area contributed by atoms with Crippen LogP contribution in [0.4, 0.5) is 0 Å². The highest BCUT2D eigenvalue weighted by molar-refractivity contribution is 5.83. The van der Waals surface area contributed by atoms with E-state index < -0.39 is 5.92 Å². The molecule has 4 aromatic rings. The third kappa shape index (κ3) is 6.80. The molecule has 0 aliphatic rings. The highest BCUT2D eigenvalue weighted by atomic mass is 16.6. The number of hydrogen-bond donors (Lipinski definition) is 0. The summed E-state index contributed by atoms with van der Waals surface area (Å²) >= 11 is 0. The molecule has 0 amide bonds. The predicted molar refractivity (Wildman–Crippen MR) is 154 cm³/mol. The maximum absolute atomic E-state index is 11.9. The molecule has 0 N–H and O–H groups in total. The number of nitro groups is 1. The molecular formula is C34H31NO2. The van der Waals surface area contributed by atoms with Crippen molar-refractivity contribution in [3.8, 4) is 0 Å². The van der Waals surface area contributed by atoms with E-state index in [9.17, 15) is 10.1 Å². The second-order valence-corrected chi connectivity index (χ2v) is 9.30. The van der Waals surface area contributed by atoms with Gasteiger partial charge in [-0.05, 0) is 58.9 Å². The van der Waals surface area contributed by atoms with Crippen LogP contribution in [0.3, 0.4) is 0 Å². The maximum atomic E-state index is 11.9. The Labute approximate surface area is 219 Å². The molecule has 0 fully saturated rings. The molecule has 1 unspecified atom stereocenters. The lowest BCUT2D eigenvalue weighted by atomic mass is 9.85. The molecule has 1 atom stereocenters. The summed E-state index contributed by atoms with van der Waals surface area (Å²) in [6.45, 7) is 8.23. The van der Waals surface area contributed by atoms with Crippen molar-refractivity contribution in [1.29, 1.82) is 0 Å². The van der Waals surface area contributed by atoms with Crippen molar-refractivity contribution >= 4 is 11.1 Å². The van der Waals surface area contributed by atoms with Crippen LogP contribution in [-0.2, 0) is 0 Å². The van der Waals surface area contributed by atoms with Crippen LogP contribution in [0, 0.1) is 24.0 Å². The van der Waals surface area contributed by atoms with Crippen molar-refractivity contribution < 1.29 is 4.92 Å². The Balaban J connectivity index is 1.95. The van der Waals surface area contributed by atoms with Crippen molar-refractivity contribution in [2.45, 2.75) is 19.8 Å². The van der Waals surface area contributed by atoms with Gasteiger partial charge in [0.15, 0.2) is 0 Å². The zero-order chi connectivity index (χ0) is 26.2. The van der Waals surface area contributed by atoms with Gasteiger partial charge in [-0.15, -0.1) is 0 Å². The molecule has 3 heteroatoms. The summed E-state index contributed by atoms with van der Waals surface area (Å²) in [5.74, 6) is -0.442. The fraction of sp³-hybridized carbons (Fsp3) is 0.118. The summed E-state index contributed by atoms with van der Waals surface area (Å²) in [6.07, 6.45) is 4.10. The van der Waals surface area contributed by atoms with Crippen molar-refractivity contribution in [1.82, 2.24) is 0 Å². The minimum atomic E-state index is -0.442. The lowest BCUT2D eigenvalue weighted by Gasteiger charge is -2.19. The standard InChI is InChI=1S/C34H31NO2/c1-25-14-18-30(19-15-25)33(31-20-16-26(2)17-21-31)23-32(22-27(3)28-10-6-4-7-11-28)34(24-35(36)37)29-12-8-5-9-13-29/h4-23,34H,3,24H2,1-2H3/b32-22+. The fourth-order valence-corrected chi connectivity index (χ4v) is 4.38. The van der Waals surface area contributed by atoms with Crippen molar-refractivity contribution in [3.63, 3.8) is 0 Å². The molecule has 0 saturated carbocycles. The smallest absolute Gasteiger partial charge is 0.214 e. The van der Waals surface area contributed by atoms with Crippen LogP contribution < -0.4 is 0 Å². The fourth-order valence-electron chi connectivity index (χ4n) is 4.38. The molecule has 0 spiro atoms. The molecule has 0 aromatic heterocycles. The van der Waals surface area contributed by atoms with Crippen LogP contribution >= 0.6 is 0 Å². The molecule has 4 aromatic carbocycles. The zero-order valence-electron chi connectivity index (χ0n) is 21.3. The summed E-state index contributed by atoms with van der Waals surface area (Å²) in [6, 6.07) is 36.4. The zero-order valence-corrected chi connectivity index (χ0v) is 21.3. The van der Waals surface area contributed by atoms with Crippen molar-refractivity contribution in [3.05, 3.63) is 177 Å². The van der Waals surface area contributed by atoms with Crippen LogP contribution in [0.1, 0.15) is 39.3 Å². The number of rotatable bonds is 9. The quantitative estimate of drug-likeness (QED) is 0.136. The van der Waals surface area contributed by atoms with Gasteiger partial charge in [-0.25, -0.2) is 0 Å². The molecule has 0 aliphatic heterocycles. The summed E-state index contributed by atoms with van der Waals surface area (Å²) in [7, 11) is 0. The van der Waals surface area contributed by atoms with Gasteiger partial charge in [0.1, 0.15) is 0 Å². The average Bonchev–Trinajstić information content (AvgIpc) is 2.92. The average molecular weight is 486 g/mol. The molecule has 0 bridgehead atoms. The first-order valence-corrected chi connectivity index (χ1v) is 12.4. The first-order chi connectivity index (χ1) is 17.9. The molecular weight excluding hydrogens is 454 g/mol. The van der Waals surface area contributed by atoms with E-state index in [1.54, 1.807) is 0 Å². The number of nitrogens with zero attached hydrogens (tertiary/aromatic N) is 1. The molecule has 0 heterocycles. The first kappa shape index (κ1) is 25.6. The lowest BCUT2D eigenvalue weighted by molar-refractivity contribution is -0.481. The number of allylic oxidation sites excluding steroid dienone is 3. The predicted octanol–water partition coefficient (Wildman–Crippen LogP) is 8.44. The van der Waals surface area contributed by atoms with E-state index >= 15 is 0 Å². The summed E-state index contributed by atoms with van der Waals surface area (Å²) < 4.78 is 0. The van der Waals surface area contributed by atoms with E-state index in [4.69, 9.17) is 0 Å². The summed E-state index contributed by atoms with van der Waals surface area (Å²) in [5.41, 5.74) is 9.00. The van der Waals surface area contributed by atoms with Gasteiger partial charge < -0.3 is 0 Å². The van der Waals surface area contributed by atoms with Gasteiger partial charge >= 0.3 is 0 Å². The monoisotopic (exact) mass is 485 g/mol. The summed E-state index contributed by atoms with van der Waals surface area (Å²) in [5, 5.41) is 11.9. The highest BCUT2D eigenvalue weighted by Gasteiger charge is 2.23. The van der Waals surface area contributed by atoms with Gasteiger partial charge in [0.25, 0.3) is 0 Å². The van der Waals surface area contributed by atoms with Gasteiger partial charge in [-0.3, -0.25) is 10.1 Å². The highest BCUT2D eigenvalue weighted by Crippen LogP contribution is 2.33. The third-order valence-electron chi connectivity index (χ3n) is 6.46. The molecule has 184 valence electrons. The van der Waals surface area contributed by atoms with E-state index in [1.165, 1.54) is 11.1 Å². The summed E-state index contributed by atoms with van der Waals surface area (Å²) in [4.78, 5) is 11.6. The Hall–Kier alpha value is -4.50. The van der Waals surface area contributed by atoms with Gasteiger partial charge in [-0.1, -0.05) is 133 Å². The van der Waals surface area contributed by atoms with Crippen LogP contribution in [0.5, 0.6) is 0 Å². The van der Waals surface area contributed by atoms with Crippen LogP contribution in [0.15, 0.2) is 133 Å². The minimum Gasteiger partial charge on any atom is -0.265 e. The first-order valence-electron chi connectivity index (χ1n) is 12.4. The Morgan fingerprint density at radius 1 is 0.730 bits per heavy atom. The van der Waals surface area contributed by atoms with E-state index in [-0.39, 0.29) is 11.5 Å². The molecule has 0 radical (unpaired) electrons. The van der Waals surface area contributed by atoms with Crippen molar-refractivity contribution in [2.24, 2.45) is 0 Å². The maximum Gasteiger partial charge on any atom is 0.214 e. The molecule has 37 heavy (non-hydrogen) atoms. The molecule has 4 rings (SSSR count). The van der Waals surface area contributed by atoms with E-state index in [0.29, 0.717) is 0 Å². The largest absolute Gasteiger partial charge is 0.265 e. The molecule has 0 aliphatic carbocycles. The van der Waals surface area contributed by atoms with E-state index in [0.717, 1.165) is 39.0 Å². The van der Waals surface area contributed by atoms with Gasteiger partial charge in [-0.2, -0.15) is 0 Å². The van der Waals surface area contributed by atoms with Crippen LogP contribution in [0.25, 0.3) is 11.1 Å². The third-order valence-corrected chi connectivity index (χ3v) is 6.46. The van der Waals surface area contributed by atoms with Gasteiger partial charge in [0, 0.05) is 4.92 Å².